The number of carboxylic acid groups (broad SMARTS) is 1. The molecule has 2 amide bonds. The fraction of sp³-hybridized carbons (Fsp3) is 0.364. The second kappa shape index (κ2) is 8.72. The first-order valence-electron chi connectivity index (χ1n) is 9.47. The molecule has 0 bridgehead atoms. The monoisotopic (exact) mass is 416 g/mol. The zero-order valence-corrected chi connectivity index (χ0v) is 17.8. The first-order chi connectivity index (χ1) is 13.4. The van der Waals surface area contributed by atoms with E-state index in [1.54, 1.807) is 18.7 Å². The fourth-order valence-electron chi connectivity index (χ4n) is 3.91. The summed E-state index contributed by atoms with van der Waals surface area (Å²) in [4.78, 5) is 26.1. The van der Waals surface area contributed by atoms with Crippen LogP contribution in [0, 0.1) is 5.92 Å². The van der Waals surface area contributed by atoms with Gasteiger partial charge in [-0.05, 0) is 37.1 Å². The number of amides is 2. The van der Waals surface area contributed by atoms with Gasteiger partial charge in [0.2, 0.25) is 0 Å². The molecule has 1 aliphatic rings. The molecule has 28 heavy (non-hydrogen) atoms. The second-order valence-corrected chi connectivity index (χ2v) is 9.21. The Balaban J connectivity index is 1.75. The third-order valence-electron chi connectivity index (χ3n) is 5.54. The quantitative estimate of drug-likeness (QED) is 0.520. The van der Waals surface area contributed by atoms with E-state index in [9.17, 15) is 14.7 Å². The second-order valence-electron chi connectivity index (χ2n) is 7.47. The number of benzene rings is 2. The van der Waals surface area contributed by atoms with Crippen molar-refractivity contribution in [3.63, 3.8) is 0 Å². The highest BCUT2D eigenvalue weighted by Crippen LogP contribution is 2.39. The number of quaternary nitrogens is 1. The number of likely N-dealkylation sites (tertiary alicyclic amines) is 1. The van der Waals surface area contributed by atoms with Gasteiger partial charge in [-0.15, -0.1) is 11.8 Å². The zero-order chi connectivity index (χ0) is 20.3. The maximum Gasteiger partial charge on any atom is 0.521 e. The highest BCUT2D eigenvalue weighted by Gasteiger charge is 2.57. The SMILES string of the molecule is CC(CS)C(=O)[N@@+]1(C(=O)O)C[C@H](Sc2ccc(-c3ccccc3)cc2)C[C@H]1C. The van der Waals surface area contributed by atoms with Gasteiger partial charge in [0.05, 0.1) is 11.2 Å². The van der Waals surface area contributed by atoms with E-state index >= 15 is 0 Å². The smallest absolute Gasteiger partial charge is 0.435 e. The molecule has 1 unspecified atom stereocenters. The maximum atomic E-state index is 12.9. The third-order valence-corrected chi connectivity index (χ3v) is 7.31. The molecule has 0 spiro atoms. The molecule has 2 aromatic carbocycles. The summed E-state index contributed by atoms with van der Waals surface area (Å²) in [6, 6.07) is 18.3. The van der Waals surface area contributed by atoms with Crippen molar-refractivity contribution in [2.24, 2.45) is 5.92 Å². The minimum absolute atomic E-state index is 0.0877. The lowest BCUT2D eigenvalue weighted by Crippen LogP contribution is -2.60. The highest BCUT2D eigenvalue weighted by molar-refractivity contribution is 8.00. The Morgan fingerprint density at radius 2 is 1.75 bits per heavy atom. The van der Waals surface area contributed by atoms with Crippen LogP contribution in [-0.2, 0) is 4.79 Å². The summed E-state index contributed by atoms with van der Waals surface area (Å²) in [6.07, 6.45) is -0.351. The van der Waals surface area contributed by atoms with E-state index in [0.717, 1.165) is 10.5 Å². The molecule has 1 aliphatic heterocycles. The van der Waals surface area contributed by atoms with Crippen LogP contribution in [0.1, 0.15) is 20.3 Å². The van der Waals surface area contributed by atoms with E-state index in [1.807, 2.05) is 25.1 Å². The molecule has 1 heterocycles. The van der Waals surface area contributed by atoms with Crippen LogP contribution in [0.25, 0.3) is 11.1 Å². The molecule has 4 atom stereocenters. The van der Waals surface area contributed by atoms with Gasteiger partial charge in [-0.25, -0.2) is 4.79 Å². The maximum absolute atomic E-state index is 12.9. The van der Waals surface area contributed by atoms with Crippen LogP contribution < -0.4 is 0 Å². The average Bonchev–Trinajstić information content (AvgIpc) is 3.04. The molecule has 0 aliphatic carbocycles. The summed E-state index contributed by atoms with van der Waals surface area (Å²) >= 11 is 5.86. The van der Waals surface area contributed by atoms with Gasteiger partial charge >= 0.3 is 12.0 Å². The number of thioether (sulfide) groups is 1. The molecular formula is C22H26NO3S2+. The average molecular weight is 417 g/mol. The van der Waals surface area contributed by atoms with Crippen LogP contribution in [0.2, 0.25) is 0 Å². The van der Waals surface area contributed by atoms with Crippen LogP contribution in [0.5, 0.6) is 0 Å². The van der Waals surface area contributed by atoms with Crippen LogP contribution in [0.15, 0.2) is 59.5 Å². The van der Waals surface area contributed by atoms with Crippen LogP contribution >= 0.6 is 24.4 Å². The van der Waals surface area contributed by atoms with E-state index in [-0.39, 0.29) is 23.1 Å². The number of hydrogen-bond acceptors (Lipinski definition) is 4. The van der Waals surface area contributed by atoms with Crippen molar-refractivity contribution >= 4 is 36.4 Å². The Hall–Kier alpha value is -1.76. The minimum atomic E-state index is -1.05. The molecule has 6 heteroatoms. The van der Waals surface area contributed by atoms with Crippen molar-refractivity contribution in [2.75, 3.05) is 12.3 Å². The van der Waals surface area contributed by atoms with Crippen molar-refractivity contribution in [1.82, 2.24) is 0 Å². The van der Waals surface area contributed by atoms with E-state index in [2.05, 4.69) is 49.0 Å². The van der Waals surface area contributed by atoms with Gasteiger partial charge in [0.15, 0.2) is 0 Å². The predicted molar refractivity (Wildman–Crippen MR) is 117 cm³/mol. The first-order valence-corrected chi connectivity index (χ1v) is 11.0. The molecule has 1 saturated heterocycles. The van der Waals surface area contributed by atoms with Gasteiger partial charge in [-0.2, -0.15) is 21.9 Å². The van der Waals surface area contributed by atoms with Crippen molar-refractivity contribution in [2.45, 2.75) is 36.5 Å². The Kier molecular flexibility index (Phi) is 6.53. The van der Waals surface area contributed by atoms with E-state index in [0.29, 0.717) is 18.7 Å². The molecule has 0 saturated carbocycles. The molecule has 1 N–H and O–H groups in total. The van der Waals surface area contributed by atoms with E-state index < -0.39 is 10.6 Å². The number of nitrogens with zero attached hydrogens (tertiary/aromatic N) is 1. The van der Waals surface area contributed by atoms with Crippen molar-refractivity contribution in [3.05, 3.63) is 54.6 Å². The number of imide groups is 1. The summed E-state index contributed by atoms with van der Waals surface area (Å²) in [5.74, 6) is -0.259. The van der Waals surface area contributed by atoms with Gasteiger partial charge in [0.25, 0.3) is 0 Å². The molecule has 148 valence electrons. The Morgan fingerprint density at radius 3 is 2.32 bits per heavy atom. The normalized spacial score (nSPS) is 25.4. The number of rotatable bonds is 5. The van der Waals surface area contributed by atoms with Crippen LogP contribution in [-0.4, -0.2) is 45.2 Å². The number of carbonyl (C=O) groups excluding carboxylic acids is 1. The van der Waals surface area contributed by atoms with Gasteiger partial charge in [0, 0.05) is 17.1 Å². The molecule has 0 radical (unpaired) electrons. The van der Waals surface area contributed by atoms with Gasteiger partial charge in [0.1, 0.15) is 12.6 Å². The summed E-state index contributed by atoms with van der Waals surface area (Å²) in [5.41, 5.74) is 2.32. The first kappa shape index (κ1) is 21.0. The van der Waals surface area contributed by atoms with Crippen molar-refractivity contribution < 1.29 is 19.2 Å². The van der Waals surface area contributed by atoms with E-state index in [4.69, 9.17) is 0 Å². The molecule has 1 fully saturated rings. The number of hydrogen-bond donors (Lipinski definition) is 2. The Bertz CT molecular complexity index is 841. The summed E-state index contributed by atoms with van der Waals surface area (Å²) in [7, 11) is 0. The van der Waals surface area contributed by atoms with Gasteiger partial charge in [-0.3, -0.25) is 0 Å². The lowest BCUT2D eigenvalue weighted by atomic mass is 10.1. The fourth-order valence-corrected chi connectivity index (χ4v) is 5.43. The minimum Gasteiger partial charge on any atom is -0.435 e. The lowest BCUT2D eigenvalue weighted by molar-refractivity contribution is -0.793. The standard InChI is InChI=1S/C22H25NO3S2/c1-15(14-27)21(24)23(22(25)26)13-20(12-16(23)2)28-19-10-8-18(9-11-19)17-6-4-3-5-7-17/h3-11,15-16,20H,12-14H2,1-2H3,(H-,25,26,27)/p+1/t15?,16-,20-,23-/m1/s1. The lowest BCUT2D eigenvalue weighted by Gasteiger charge is -2.31. The predicted octanol–water partition coefficient (Wildman–Crippen LogP) is 5.19. The van der Waals surface area contributed by atoms with Gasteiger partial charge in [-0.1, -0.05) is 42.5 Å². The Labute approximate surface area is 175 Å². The molecule has 4 nitrogen and oxygen atoms in total. The Morgan fingerprint density at radius 1 is 1.14 bits per heavy atom. The molecule has 3 rings (SSSR count). The summed E-state index contributed by atoms with van der Waals surface area (Å²) < 4.78 is -0.485. The van der Waals surface area contributed by atoms with Crippen LogP contribution in [0.4, 0.5) is 4.79 Å². The van der Waals surface area contributed by atoms with Gasteiger partial charge < -0.3 is 5.11 Å². The number of thiol groups is 1. The molecule has 2 aromatic rings. The topological polar surface area (TPSA) is 54.4 Å². The zero-order valence-electron chi connectivity index (χ0n) is 16.1. The highest BCUT2D eigenvalue weighted by atomic mass is 32.2. The van der Waals surface area contributed by atoms with E-state index in [1.165, 1.54) is 5.56 Å². The third kappa shape index (κ3) is 4.00. The molecular weight excluding hydrogens is 390 g/mol. The summed E-state index contributed by atoms with van der Waals surface area (Å²) in [6.45, 7) is 3.95. The van der Waals surface area contributed by atoms with Crippen molar-refractivity contribution in [1.29, 1.82) is 0 Å². The number of carbonyl (C=O) groups is 2. The summed E-state index contributed by atoms with van der Waals surface area (Å²) in [5, 5.41) is 10.0. The largest absolute Gasteiger partial charge is 0.521 e. The van der Waals surface area contributed by atoms with Crippen molar-refractivity contribution in [3.8, 4) is 11.1 Å². The molecule has 0 aromatic heterocycles. The van der Waals surface area contributed by atoms with Crippen LogP contribution in [0.3, 0.4) is 0 Å².